The number of hydrogen-bond donors (Lipinski definition) is 1. The fourth-order valence-electron chi connectivity index (χ4n) is 2.20. The molecule has 0 saturated heterocycles. The molecule has 0 aliphatic carbocycles. The van der Waals surface area contributed by atoms with Crippen LogP contribution >= 0.6 is 0 Å². The highest BCUT2D eigenvalue weighted by atomic mass is 19.4. The molecule has 6 nitrogen and oxygen atoms in total. The van der Waals surface area contributed by atoms with Crippen LogP contribution in [-0.2, 0) is 17.5 Å². The zero-order valence-corrected chi connectivity index (χ0v) is 14.3. The number of anilines is 1. The van der Waals surface area contributed by atoms with Crippen molar-refractivity contribution in [3.05, 3.63) is 47.2 Å². The Morgan fingerprint density at radius 1 is 1.08 bits per heavy atom. The van der Waals surface area contributed by atoms with Crippen molar-refractivity contribution in [3.63, 3.8) is 0 Å². The van der Waals surface area contributed by atoms with E-state index in [9.17, 15) is 18.0 Å². The van der Waals surface area contributed by atoms with Gasteiger partial charge in [0.15, 0.2) is 11.5 Å². The van der Waals surface area contributed by atoms with Crippen molar-refractivity contribution >= 4 is 11.8 Å². The van der Waals surface area contributed by atoms with E-state index in [-0.39, 0.29) is 17.9 Å². The van der Waals surface area contributed by atoms with E-state index in [4.69, 9.17) is 9.47 Å². The van der Waals surface area contributed by atoms with Gasteiger partial charge in [0.05, 0.1) is 21.3 Å². The summed E-state index contributed by atoms with van der Waals surface area (Å²) in [5.41, 5.74) is -0.515. The topological polar surface area (TPSA) is 69.7 Å². The minimum absolute atomic E-state index is 0.0963. The lowest BCUT2D eigenvalue weighted by Gasteiger charge is -2.14. The van der Waals surface area contributed by atoms with Crippen LogP contribution in [0.3, 0.4) is 0 Å². The van der Waals surface area contributed by atoms with E-state index in [0.29, 0.717) is 17.1 Å². The fourth-order valence-corrected chi connectivity index (χ4v) is 2.20. The quantitative estimate of drug-likeness (QED) is 0.785. The first kappa shape index (κ1) is 19.4. The number of halogens is 3. The number of methoxy groups -OCH3 is 3. The number of aromatic nitrogens is 1. The molecule has 2 aromatic rings. The molecule has 140 valence electrons. The summed E-state index contributed by atoms with van der Waals surface area (Å²) in [4.78, 5) is 15.3. The molecule has 1 aromatic heterocycles. The van der Waals surface area contributed by atoms with Gasteiger partial charge in [-0.25, -0.2) is 9.78 Å². The number of rotatable bonds is 6. The van der Waals surface area contributed by atoms with E-state index in [2.05, 4.69) is 15.0 Å². The van der Waals surface area contributed by atoms with Gasteiger partial charge in [-0.1, -0.05) is 6.07 Å². The first-order valence-corrected chi connectivity index (χ1v) is 7.41. The molecule has 0 fully saturated rings. The van der Waals surface area contributed by atoms with Crippen molar-refractivity contribution in [2.45, 2.75) is 12.7 Å². The Bertz CT molecular complexity index is 794. The molecule has 1 N–H and O–H groups in total. The molecule has 0 aliphatic heterocycles. The lowest BCUT2D eigenvalue weighted by molar-refractivity contribution is -0.141. The fraction of sp³-hybridized carbons (Fsp3) is 0.294. The number of benzene rings is 1. The van der Waals surface area contributed by atoms with Crippen molar-refractivity contribution in [1.29, 1.82) is 0 Å². The van der Waals surface area contributed by atoms with E-state index < -0.39 is 17.8 Å². The van der Waals surface area contributed by atoms with Gasteiger partial charge in [0, 0.05) is 6.54 Å². The van der Waals surface area contributed by atoms with Crippen LogP contribution < -0.4 is 14.8 Å². The Morgan fingerprint density at radius 3 is 2.35 bits per heavy atom. The van der Waals surface area contributed by atoms with Crippen LogP contribution in [0.15, 0.2) is 30.3 Å². The van der Waals surface area contributed by atoms with Gasteiger partial charge in [-0.3, -0.25) is 0 Å². The zero-order valence-electron chi connectivity index (χ0n) is 14.3. The predicted molar refractivity (Wildman–Crippen MR) is 87.5 cm³/mol. The monoisotopic (exact) mass is 370 g/mol. The average molecular weight is 370 g/mol. The third-order valence-corrected chi connectivity index (χ3v) is 3.50. The highest BCUT2D eigenvalue weighted by molar-refractivity contribution is 5.94. The van der Waals surface area contributed by atoms with Crippen molar-refractivity contribution in [2.24, 2.45) is 0 Å². The number of nitrogens with one attached hydrogen (secondary N) is 1. The average Bonchev–Trinajstić information content (AvgIpc) is 2.64. The van der Waals surface area contributed by atoms with Crippen molar-refractivity contribution < 1.29 is 32.2 Å². The number of esters is 1. The molecule has 0 saturated carbocycles. The molecule has 0 spiro atoms. The number of hydrogen-bond acceptors (Lipinski definition) is 6. The van der Waals surface area contributed by atoms with E-state index in [0.717, 1.165) is 19.2 Å². The molecule has 26 heavy (non-hydrogen) atoms. The molecule has 0 radical (unpaired) electrons. The molecule has 9 heteroatoms. The van der Waals surface area contributed by atoms with Gasteiger partial charge in [0.1, 0.15) is 17.1 Å². The summed E-state index contributed by atoms with van der Waals surface area (Å²) in [6, 6.07) is 6.79. The molecular formula is C17H17F3N2O4. The summed E-state index contributed by atoms with van der Waals surface area (Å²) in [7, 11) is 4.10. The minimum Gasteiger partial charge on any atom is -0.493 e. The van der Waals surface area contributed by atoms with Gasteiger partial charge in [0.25, 0.3) is 0 Å². The molecule has 0 amide bonds. The molecule has 2 rings (SSSR count). The van der Waals surface area contributed by atoms with Gasteiger partial charge in [-0.2, -0.15) is 13.2 Å². The van der Waals surface area contributed by atoms with Crippen LogP contribution in [0.2, 0.25) is 0 Å². The summed E-state index contributed by atoms with van der Waals surface area (Å²) in [5, 5.41) is 2.74. The number of nitrogens with zero attached hydrogens (tertiary/aromatic N) is 1. The highest BCUT2D eigenvalue weighted by Crippen LogP contribution is 2.31. The Labute approximate surface area is 147 Å². The van der Waals surface area contributed by atoms with Crippen molar-refractivity contribution in [3.8, 4) is 11.5 Å². The predicted octanol–water partition coefficient (Wildman–Crippen LogP) is 3.52. The molecular weight excluding hydrogens is 353 g/mol. The molecule has 0 aliphatic rings. The molecule has 0 unspecified atom stereocenters. The lowest BCUT2D eigenvalue weighted by Crippen LogP contribution is -2.15. The first-order chi connectivity index (χ1) is 12.3. The van der Waals surface area contributed by atoms with Gasteiger partial charge >= 0.3 is 12.1 Å². The van der Waals surface area contributed by atoms with E-state index in [1.165, 1.54) is 14.2 Å². The third-order valence-electron chi connectivity index (χ3n) is 3.50. The Kier molecular flexibility index (Phi) is 5.91. The number of carbonyl (C=O) groups excluding carboxylic acids is 1. The second kappa shape index (κ2) is 7.94. The van der Waals surface area contributed by atoms with Crippen LogP contribution in [0.25, 0.3) is 0 Å². The number of alkyl halides is 3. The maximum Gasteiger partial charge on any atom is 0.433 e. The van der Waals surface area contributed by atoms with Gasteiger partial charge in [0.2, 0.25) is 0 Å². The number of ether oxygens (including phenoxy) is 3. The van der Waals surface area contributed by atoms with Gasteiger partial charge in [-0.15, -0.1) is 0 Å². The Morgan fingerprint density at radius 2 is 1.77 bits per heavy atom. The molecule has 0 bridgehead atoms. The van der Waals surface area contributed by atoms with E-state index in [1.807, 2.05) is 0 Å². The third kappa shape index (κ3) is 4.35. The molecule has 1 heterocycles. The zero-order chi connectivity index (χ0) is 19.3. The summed E-state index contributed by atoms with van der Waals surface area (Å²) in [6.07, 6.45) is -4.63. The van der Waals surface area contributed by atoms with Crippen LogP contribution in [0.4, 0.5) is 19.0 Å². The summed E-state index contributed by atoms with van der Waals surface area (Å²) >= 11 is 0. The van der Waals surface area contributed by atoms with E-state index in [1.54, 1.807) is 18.2 Å². The normalized spacial score (nSPS) is 11.0. The van der Waals surface area contributed by atoms with Crippen LogP contribution in [0.5, 0.6) is 11.5 Å². The Hall–Kier alpha value is -2.97. The van der Waals surface area contributed by atoms with Gasteiger partial charge in [-0.05, 0) is 29.8 Å². The SMILES string of the molecule is COC(=O)c1ccc(C(F)(F)F)nc1NCc1ccc(OC)c(OC)c1. The second-order valence-electron chi connectivity index (χ2n) is 5.12. The van der Waals surface area contributed by atoms with Crippen LogP contribution in [-0.4, -0.2) is 32.3 Å². The Balaban J connectivity index is 2.31. The maximum atomic E-state index is 12.9. The number of carbonyl (C=O) groups is 1. The first-order valence-electron chi connectivity index (χ1n) is 7.41. The minimum atomic E-state index is -4.63. The van der Waals surface area contributed by atoms with Crippen LogP contribution in [0.1, 0.15) is 21.6 Å². The van der Waals surface area contributed by atoms with E-state index >= 15 is 0 Å². The molecule has 0 atom stereocenters. The smallest absolute Gasteiger partial charge is 0.433 e. The summed E-state index contributed by atoms with van der Waals surface area (Å²) in [6.45, 7) is 0.110. The highest BCUT2D eigenvalue weighted by Gasteiger charge is 2.33. The largest absolute Gasteiger partial charge is 0.493 e. The molecule has 1 aromatic carbocycles. The summed E-state index contributed by atoms with van der Waals surface area (Å²) < 4.78 is 53.6. The van der Waals surface area contributed by atoms with Crippen LogP contribution in [0, 0.1) is 0 Å². The lowest BCUT2D eigenvalue weighted by atomic mass is 10.2. The summed E-state index contributed by atoms with van der Waals surface area (Å²) in [5.74, 6) is -0.0248. The maximum absolute atomic E-state index is 12.9. The number of pyridine rings is 1. The van der Waals surface area contributed by atoms with Gasteiger partial charge < -0.3 is 19.5 Å². The standard InChI is InChI=1S/C17H17F3N2O4/c1-24-12-6-4-10(8-13(12)25-2)9-21-15-11(16(23)26-3)5-7-14(22-15)17(18,19)20/h4-8H,9H2,1-3H3,(H,21,22). The van der Waals surface area contributed by atoms with Crippen molar-refractivity contribution in [2.75, 3.05) is 26.6 Å². The second-order valence-corrected chi connectivity index (χ2v) is 5.12. The van der Waals surface area contributed by atoms with Crippen molar-refractivity contribution in [1.82, 2.24) is 4.98 Å².